The highest BCUT2D eigenvalue weighted by atomic mass is 28.1. The van der Waals surface area contributed by atoms with Crippen molar-refractivity contribution < 1.29 is 4.74 Å². The molecule has 0 aromatic heterocycles. The number of anilines is 1. The summed E-state index contributed by atoms with van der Waals surface area (Å²) in [5.74, 6) is 0. The standard InChI is InChI=1S/C24H19NOSi/c27-20-7-5-19(6-8-20)25-14-26-13-18-11-17-10-16-9-15-3-1-2-4-21(15)22(16)12-23(17)24(18)25/h1-10,12-13H,11,14H2,27H3. The van der Waals surface area contributed by atoms with E-state index in [4.69, 9.17) is 4.74 Å². The third-order valence-corrected chi connectivity index (χ3v) is 6.49. The summed E-state index contributed by atoms with van der Waals surface area (Å²) < 4.78 is 5.81. The summed E-state index contributed by atoms with van der Waals surface area (Å²) in [7, 11) is 1.08. The minimum atomic E-state index is 0.568. The predicted molar refractivity (Wildman–Crippen MR) is 114 cm³/mol. The Morgan fingerprint density at radius 2 is 1.78 bits per heavy atom. The number of benzene rings is 3. The van der Waals surface area contributed by atoms with E-state index < -0.39 is 0 Å². The van der Waals surface area contributed by atoms with Gasteiger partial charge in [-0.15, -0.1) is 0 Å². The Kier molecular flexibility index (Phi) is 3.05. The molecule has 130 valence electrons. The number of rotatable bonds is 1. The van der Waals surface area contributed by atoms with Gasteiger partial charge in [-0.2, -0.15) is 0 Å². The monoisotopic (exact) mass is 365 g/mol. The lowest BCUT2D eigenvalue weighted by Gasteiger charge is -2.30. The molecule has 0 atom stereocenters. The first-order valence-electron chi connectivity index (χ1n) is 9.41. The molecule has 0 unspecified atom stereocenters. The van der Waals surface area contributed by atoms with Gasteiger partial charge in [0.1, 0.15) is 0 Å². The topological polar surface area (TPSA) is 12.5 Å². The number of hydrogen-bond acceptors (Lipinski definition) is 2. The second kappa shape index (κ2) is 5.48. The third kappa shape index (κ3) is 2.18. The number of ether oxygens (including phenoxy) is 1. The molecular weight excluding hydrogens is 346 g/mol. The Morgan fingerprint density at radius 1 is 0.926 bits per heavy atom. The van der Waals surface area contributed by atoms with Crippen molar-refractivity contribution in [3.8, 4) is 11.1 Å². The summed E-state index contributed by atoms with van der Waals surface area (Å²) in [6, 6.07) is 22.3. The predicted octanol–water partition coefficient (Wildman–Crippen LogP) is 1.53. The van der Waals surface area contributed by atoms with Gasteiger partial charge in [-0.25, -0.2) is 0 Å². The molecule has 2 aliphatic carbocycles. The molecule has 3 aromatic rings. The van der Waals surface area contributed by atoms with Gasteiger partial charge in [0.15, 0.2) is 6.73 Å². The summed E-state index contributed by atoms with van der Waals surface area (Å²) in [5.41, 5.74) is 9.20. The molecule has 0 bridgehead atoms. The van der Waals surface area contributed by atoms with Crippen molar-refractivity contribution in [3.05, 3.63) is 94.1 Å². The van der Waals surface area contributed by atoms with E-state index in [1.807, 2.05) is 6.26 Å². The van der Waals surface area contributed by atoms with Crippen LogP contribution in [0.4, 0.5) is 5.69 Å². The van der Waals surface area contributed by atoms with Crippen molar-refractivity contribution in [1.29, 1.82) is 0 Å². The molecule has 27 heavy (non-hydrogen) atoms. The molecule has 0 radical (unpaired) electrons. The quantitative estimate of drug-likeness (QED) is 0.475. The molecule has 3 heteroatoms. The van der Waals surface area contributed by atoms with Crippen LogP contribution in [0.2, 0.25) is 0 Å². The fraction of sp³-hybridized carbons (Fsp3) is 0.0833. The van der Waals surface area contributed by atoms with Crippen LogP contribution in [0.5, 0.6) is 0 Å². The first-order chi connectivity index (χ1) is 13.3. The largest absolute Gasteiger partial charge is 0.480 e. The Bertz CT molecular complexity index is 1250. The lowest BCUT2D eigenvalue weighted by atomic mass is 10.0. The van der Waals surface area contributed by atoms with Gasteiger partial charge < -0.3 is 9.64 Å². The van der Waals surface area contributed by atoms with E-state index in [9.17, 15) is 0 Å². The molecule has 0 fully saturated rings. The van der Waals surface area contributed by atoms with Crippen LogP contribution < -0.4 is 20.5 Å². The van der Waals surface area contributed by atoms with E-state index in [2.05, 4.69) is 71.6 Å². The maximum absolute atomic E-state index is 5.81. The highest BCUT2D eigenvalue weighted by molar-refractivity contribution is 6.32. The minimum absolute atomic E-state index is 0.568. The van der Waals surface area contributed by atoms with E-state index >= 15 is 0 Å². The zero-order valence-electron chi connectivity index (χ0n) is 15.2. The van der Waals surface area contributed by atoms with Crippen molar-refractivity contribution in [1.82, 2.24) is 0 Å². The van der Waals surface area contributed by atoms with Crippen molar-refractivity contribution in [2.24, 2.45) is 0 Å². The summed E-state index contributed by atoms with van der Waals surface area (Å²) in [6.07, 6.45) is 5.21. The van der Waals surface area contributed by atoms with Crippen LogP contribution in [0.3, 0.4) is 0 Å². The van der Waals surface area contributed by atoms with E-state index in [1.54, 1.807) is 0 Å². The molecule has 6 rings (SSSR count). The van der Waals surface area contributed by atoms with Gasteiger partial charge in [-0.1, -0.05) is 47.7 Å². The maximum atomic E-state index is 5.81. The van der Waals surface area contributed by atoms with Crippen molar-refractivity contribution in [2.45, 2.75) is 6.42 Å². The van der Waals surface area contributed by atoms with Crippen molar-refractivity contribution in [2.75, 3.05) is 11.6 Å². The van der Waals surface area contributed by atoms with Gasteiger partial charge in [-0.05, 0) is 51.7 Å². The first-order valence-corrected chi connectivity index (χ1v) is 10.4. The zero-order valence-corrected chi connectivity index (χ0v) is 17.2. The summed E-state index contributed by atoms with van der Waals surface area (Å²) >= 11 is 0. The van der Waals surface area contributed by atoms with Gasteiger partial charge in [-0.3, -0.25) is 0 Å². The van der Waals surface area contributed by atoms with Crippen molar-refractivity contribution in [3.63, 3.8) is 0 Å². The highest BCUT2D eigenvalue weighted by Gasteiger charge is 2.28. The Labute approximate surface area is 161 Å². The Hall–Kier alpha value is -3.04. The second-order valence-electron chi connectivity index (χ2n) is 7.56. The van der Waals surface area contributed by atoms with E-state index in [0.29, 0.717) is 6.73 Å². The molecule has 3 aliphatic rings. The SMILES string of the molecule is [SiH3]c1ccc(N2COC=C3Cc4cc5c(cc4=C32)-c2ccccc2C=5)cc1. The first kappa shape index (κ1) is 15.1. The lowest BCUT2D eigenvalue weighted by molar-refractivity contribution is 0.248. The molecule has 0 spiro atoms. The summed E-state index contributed by atoms with van der Waals surface area (Å²) in [4.78, 5) is 2.32. The van der Waals surface area contributed by atoms with Gasteiger partial charge >= 0.3 is 0 Å². The number of fused-ring (bicyclic) bond motifs is 5. The van der Waals surface area contributed by atoms with Crippen molar-refractivity contribution >= 4 is 32.9 Å². The van der Waals surface area contributed by atoms with Crippen LogP contribution in [0.1, 0.15) is 11.1 Å². The molecule has 0 saturated carbocycles. The average Bonchev–Trinajstić information content (AvgIpc) is 3.24. The smallest absolute Gasteiger partial charge is 0.164 e. The molecule has 3 aromatic carbocycles. The van der Waals surface area contributed by atoms with Crippen LogP contribution >= 0.6 is 0 Å². The van der Waals surface area contributed by atoms with Crippen LogP contribution in [-0.4, -0.2) is 17.0 Å². The molecule has 0 amide bonds. The minimum Gasteiger partial charge on any atom is -0.480 e. The van der Waals surface area contributed by atoms with Gasteiger partial charge in [0.2, 0.25) is 0 Å². The molecule has 0 N–H and O–H groups in total. The zero-order chi connectivity index (χ0) is 18.0. The highest BCUT2D eigenvalue weighted by Crippen LogP contribution is 2.33. The molecule has 1 heterocycles. The summed E-state index contributed by atoms with van der Waals surface area (Å²) in [6.45, 7) is 0.568. The lowest BCUT2D eigenvalue weighted by Crippen LogP contribution is -2.31. The average molecular weight is 366 g/mol. The van der Waals surface area contributed by atoms with Gasteiger partial charge in [0.25, 0.3) is 0 Å². The van der Waals surface area contributed by atoms with Crippen LogP contribution in [0.25, 0.3) is 22.9 Å². The molecule has 2 nitrogen and oxygen atoms in total. The number of nitrogens with zero attached hydrogens (tertiary/aromatic N) is 1. The van der Waals surface area contributed by atoms with E-state index in [-0.39, 0.29) is 0 Å². The van der Waals surface area contributed by atoms with Crippen LogP contribution in [-0.2, 0) is 11.2 Å². The van der Waals surface area contributed by atoms with Crippen LogP contribution in [0, 0.1) is 0 Å². The van der Waals surface area contributed by atoms with E-state index in [0.717, 1.165) is 16.7 Å². The Morgan fingerprint density at radius 3 is 2.67 bits per heavy atom. The fourth-order valence-corrected chi connectivity index (χ4v) is 4.84. The van der Waals surface area contributed by atoms with E-state index in [1.165, 1.54) is 54.8 Å². The number of hydrogen-bond donors (Lipinski definition) is 0. The Balaban J connectivity index is 1.60. The molecule has 0 saturated heterocycles. The fourth-order valence-electron chi connectivity index (χ4n) is 4.50. The van der Waals surface area contributed by atoms with Crippen LogP contribution in [0.15, 0.2) is 72.5 Å². The van der Waals surface area contributed by atoms with Gasteiger partial charge in [0.05, 0.1) is 12.0 Å². The van der Waals surface area contributed by atoms with Gasteiger partial charge in [0, 0.05) is 33.1 Å². The molecular formula is C24H19NOSi. The maximum Gasteiger partial charge on any atom is 0.164 e. The second-order valence-corrected chi connectivity index (χ2v) is 8.71. The normalized spacial score (nSPS) is 16.1. The third-order valence-electron chi connectivity index (χ3n) is 5.82. The summed E-state index contributed by atoms with van der Waals surface area (Å²) in [5, 5.41) is 4.10. The molecule has 1 aliphatic heterocycles.